The molecule has 2 rings (SSSR count). The van der Waals surface area contributed by atoms with Crippen LogP contribution in [0.4, 0.5) is 10.1 Å². The summed E-state index contributed by atoms with van der Waals surface area (Å²) in [6.07, 6.45) is 2.18. The van der Waals surface area contributed by atoms with Crippen LogP contribution in [-0.4, -0.2) is 25.7 Å². The molecule has 0 saturated heterocycles. The summed E-state index contributed by atoms with van der Waals surface area (Å²) < 4.78 is 39.8. The summed E-state index contributed by atoms with van der Waals surface area (Å²) >= 11 is 0. The van der Waals surface area contributed by atoms with Crippen molar-refractivity contribution >= 4 is 15.7 Å². The Labute approximate surface area is 111 Å². The molecule has 1 aromatic carbocycles. The maximum Gasteiger partial charge on any atom is 0.241 e. The molecule has 0 radical (unpaired) electrons. The lowest BCUT2D eigenvalue weighted by Gasteiger charge is -2.28. The number of nitrogens with one attached hydrogen (secondary N) is 1. The molecule has 0 spiro atoms. The average molecular weight is 288 g/mol. The van der Waals surface area contributed by atoms with Crippen molar-refractivity contribution in [2.45, 2.75) is 42.7 Å². The van der Waals surface area contributed by atoms with Gasteiger partial charge in [0.25, 0.3) is 0 Å². The van der Waals surface area contributed by atoms with Crippen LogP contribution in [0.1, 0.15) is 25.7 Å². The molecule has 1 aliphatic carbocycles. The zero-order valence-electron chi connectivity index (χ0n) is 10.3. The first-order valence-electron chi connectivity index (χ1n) is 6.15. The van der Waals surface area contributed by atoms with Gasteiger partial charge in [-0.1, -0.05) is 12.8 Å². The lowest BCUT2D eigenvalue weighted by Crippen LogP contribution is -2.44. The van der Waals surface area contributed by atoms with Gasteiger partial charge in [0.1, 0.15) is 5.82 Å². The first-order chi connectivity index (χ1) is 8.88. The van der Waals surface area contributed by atoms with Crippen molar-refractivity contribution < 1.29 is 17.9 Å². The van der Waals surface area contributed by atoms with Crippen LogP contribution >= 0.6 is 0 Å². The van der Waals surface area contributed by atoms with E-state index in [0.717, 1.165) is 25.0 Å². The van der Waals surface area contributed by atoms with Crippen molar-refractivity contribution in [3.63, 3.8) is 0 Å². The summed E-state index contributed by atoms with van der Waals surface area (Å²) in [7, 11) is -3.87. The van der Waals surface area contributed by atoms with Crippen molar-refractivity contribution in [3.05, 3.63) is 24.0 Å². The topological polar surface area (TPSA) is 92.4 Å². The molecule has 4 N–H and O–H groups in total. The third kappa shape index (κ3) is 3.43. The SMILES string of the molecule is Nc1cc(F)cc(S(=O)(=O)NC2CCCCC2O)c1. The standard InChI is InChI=1S/C12H17FN2O3S/c13-8-5-9(14)7-10(6-8)19(17,18)15-11-3-1-2-4-12(11)16/h5-7,11-12,15-16H,1-4,14H2. The number of hydrogen-bond donors (Lipinski definition) is 3. The minimum Gasteiger partial charge on any atom is -0.399 e. The molecular formula is C12H17FN2O3S. The number of halogens is 1. The van der Waals surface area contributed by atoms with Gasteiger partial charge in [-0.15, -0.1) is 0 Å². The Balaban J connectivity index is 2.22. The highest BCUT2D eigenvalue weighted by atomic mass is 32.2. The third-order valence-electron chi connectivity index (χ3n) is 3.24. The first kappa shape index (κ1) is 14.2. The van der Waals surface area contributed by atoms with Crippen LogP contribution in [0.25, 0.3) is 0 Å². The van der Waals surface area contributed by atoms with E-state index in [1.54, 1.807) is 0 Å². The summed E-state index contributed by atoms with van der Waals surface area (Å²) in [5.41, 5.74) is 5.48. The van der Waals surface area contributed by atoms with Crippen molar-refractivity contribution in [3.8, 4) is 0 Å². The highest BCUT2D eigenvalue weighted by Crippen LogP contribution is 2.22. The Bertz CT molecular complexity index is 542. The molecule has 2 unspecified atom stereocenters. The highest BCUT2D eigenvalue weighted by molar-refractivity contribution is 7.89. The molecule has 7 heteroatoms. The molecule has 0 aliphatic heterocycles. The zero-order chi connectivity index (χ0) is 14.0. The monoisotopic (exact) mass is 288 g/mol. The Morgan fingerprint density at radius 1 is 1.26 bits per heavy atom. The van der Waals surface area contributed by atoms with E-state index in [-0.39, 0.29) is 10.6 Å². The van der Waals surface area contributed by atoms with Crippen LogP contribution < -0.4 is 10.5 Å². The van der Waals surface area contributed by atoms with Crippen LogP contribution in [0.5, 0.6) is 0 Å². The van der Waals surface area contributed by atoms with Gasteiger partial charge >= 0.3 is 0 Å². The Hall–Kier alpha value is -1.18. The van der Waals surface area contributed by atoms with E-state index in [1.165, 1.54) is 6.07 Å². The minimum atomic E-state index is -3.87. The number of anilines is 1. The van der Waals surface area contributed by atoms with Crippen LogP contribution in [0, 0.1) is 5.82 Å². The van der Waals surface area contributed by atoms with E-state index in [9.17, 15) is 17.9 Å². The first-order valence-corrected chi connectivity index (χ1v) is 7.63. The maximum atomic E-state index is 13.2. The second-order valence-corrected chi connectivity index (χ2v) is 6.51. The molecule has 0 aromatic heterocycles. The molecule has 106 valence electrons. The maximum absolute atomic E-state index is 13.2. The molecule has 0 bridgehead atoms. The van der Waals surface area contributed by atoms with Crippen molar-refractivity contribution in [1.82, 2.24) is 4.72 Å². The Kier molecular flexibility index (Phi) is 4.07. The van der Waals surface area contributed by atoms with E-state index in [0.29, 0.717) is 12.8 Å². The largest absolute Gasteiger partial charge is 0.399 e. The van der Waals surface area contributed by atoms with Crippen LogP contribution in [0.15, 0.2) is 23.1 Å². The molecule has 5 nitrogen and oxygen atoms in total. The van der Waals surface area contributed by atoms with Gasteiger partial charge in [0.2, 0.25) is 10.0 Å². The summed E-state index contributed by atoms with van der Waals surface area (Å²) in [4.78, 5) is -0.220. The lowest BCUT2D eigenvalue weighted by atomic mass is 9.93. The van der Waals surface area contributed by atoms with Gasteiger partial charge in [-0.2, -0.15) is 0 Å². The summed E-state index contributed by atoms with van der Waals surface area (Å²) in [5.74, 6) is -0.704. The fourth-order valence-electron chi connectivity index (χ4n) is 2.26. The average Bonchev–Trinajstić information content (AvgIpc) is 2.31. The second kappa shape index (κ2) is 5.44. The summed E-state index contributed by atoms with van der Waals surface area (Å²) in [6, 6.07) is 2.63. The molecule has 19 heavy (non-hydrogen) atoms. The smallest absolute Gasteiger partial charge is 0.241 e. The molecular weight excluding hydrogens is 271 g/mol. The molecule has 2 atom stereocenters. The van der Waals surface area contributed by atoms with Crippen molar-refractivity contribution in [2.24, 2.45) is 0 Å². The van der Waals surface area contributed by atoms with Gasteiger partial charge in [0.15, 0.2) is 0 Å². The van der Waals surface area contributed by atoms with E-state index < -0.39 is 28.0 Å². The van der Waals surface area contributed by atoms with Gasteiger partial charge in [0.05, 0.1) is 11.0 Å². The van der Waals surface area contributed by atoms with Gasteiger partial charge in [0, 0.05) is 11.7 Å². The summed E-state index contributed by atoms with van der Waals surface area (Å²) in [5, 5.41) is 9.76. The fraction of sp³-hybridized carbons (Fsp3) is 0.500. The van der Waals surface area contributed by atoms with Crippen molar-refractivity contribution in [2.75, 3.05) is 5.73 Å². The van der Waals surface area contributed by atoms with E-state index in [4.69, 9.17) is 5.73 Å². The second-order valence-electron chi connectivity index (χ2n) is 4.80. The number of hydrogen-bond acceptors (Lipinski definition) is 4. The number of aliphatic hydroxyl groups is 1. The van der Waals surface area contributed by atoms with Crippen LogP contribution in [0.3, 0.4) is 0 Å². The van der Waals surface area contributed by atoms with E-state index in [2.05, 4.69) is 4.72 Å². The molecule has 1 fully saturated rings. The number of aliphatic hydroxyl groups excluding tert-OH is 1. The fourth-order valence-corrected chi connectivity index (χ4v) is 3.62. The number of nitrogen functional groups attached to an aromatic ring is 1. The highest BCUT2D eigenvalue weighted by Gasteiger charge is 2.28. The molecule has 1 aliphatic rings. The van der Waals surface area contributed by atoms with Gasteiger partial charge in [-0.05, 0) is 31.0 Å². The molecule has 1 aromatic rings. The predicted octanol–water partition coefficient (Wildman–Crippen LogP) is 0.990. The third-order valence-corrected chi connectivity index (χ3v) is 4.71. The molecule has 0 amide bonds. The Morgan fingerprint density at radius 3 is 2.58 bits per heavy atom. The normalized spacial score (nSPS) is 24.3. The minimum absolute atomic E-state index is 0.0459. The van der Waals surface area contributed by atoms with E-state index >= 15 is 0 Å². The summed E-state index contributed by atoms with van der Waals surface area (Å²) in [6.45, 7) is 0. The number of nitrogens with two attached hydrogens (primary N) is 1. The van der Waals surface area contributed by atoms with Gasteiger partial charge in [-0.25, -0.2) is 17.5 Å². The van der Waals surface area contributed by atoms with Gasteiger partial charge in [-0.3, -0.25) is 0 Å². The van der Waals surface area contributed by atoms with Crippen LogP contribution in [-0.2, 0) is 10.0 Å². The van der Waals surface area contributed by atoms with Crippen LogP contribution in [0.2, 0.25) is 0 Å². The van der Waals surface area contributed by atoms with Crippen molar-refractivity contribution in [1.29, 1.82) is 0 Å². The number of benzene rings is 1. The zero-order valence-corrected chi connectivity index (χ0v) is 11.2. The number of rotatable bonds is 3. The quantitative estimate of drug-likeness (QED) is 0.723. The van der Waals surface area contributed by atoms with E-state index in [1.807, 2.05) is 0 Å². The predicted molar refractivity (Wildman–Crippen MR) is 69.4 cm³/mol. The number of sulfonamides is 1. The lowest BCUT2D eigenvalue weighted by molar-refractivity contribution is 0.101. The molecule has 1 saturated carbocycles. The molecule has 0 heterocycles. The Morgan fingerprint density at radius 2 is 1.95 bits per heavy atom. The van der Waals surface area contributed by atoms with Gasteiger partial charge < -0.3 is 10.8 Å².